The molecule has 0 aliphatic rings. The number of halogens is 1. The van der Waals surface area contributed by atoms with Gasteiger partial charge in [0.2, 0.25) is 5.88 Å². The summed E-state index contributed by atoms with van der Waals surface area (Å²) in [6, 6.07) is 11.4. The van der Waals surface area contributed by atoms with Crippen LogP contribution in [0.3, 0.4) is 0 Å². The summed E-state index contributed by atoms with van der Waals surface area (Å²) in [6.45, 7) is 1.06. The SMILES string of the molecule is COc1cccc(CN=C(N)NCCc2ccc(OC)c(OC)c2)n1.I. The van der Waals surface area contributed by atoms with Crippen LogP contribution in [-0.2, 0) is 13.0 Å². The minimum Gasteiger partial charge on any atom is -0.493 e. The Kier molecular flexibility index (Phi) is 9.56. The highest BCUT2D eigenvalue weighted by Crippen LogP contribution is 2.27. The van der Waals surface area contributed by atoms with Gasteiger partial charge in [-0.05, 0) is 30.2 Å². The molecule has 0 bridgehead atoms. The van der Waals surface area contributed by atoms with Gasteiger partial charge in [-0.3, -0.25) is 0 Å². The predicted molar refractivity (Wildman–Crippen MR) is 113 cm³/mol. The van der Waals surface area contributed by atoms with E-state index in [-0.39, 0.29) is 24.0 Å². The van der Waals surface area contributed by atoms with Crippen molar-refractivity contribution in [2.75, 3.05) is 27.9 Å². The molecular formula is C18H25IN4O3. The van der Waals surface area contributed by atoms with E-state index in [2.05, 4.69) is 15.3 Å². The summed E-state index contributed by atoms with van der Waals surface area (Å²) >= 11 is 0. The summed E-state index contributed by atoms with van der Waals surface area (Å²) in [5, 5.41) is 3.09. The molecule has 0 saturated heterocycles. The van der Waals surface area contributed by atoms with Crippen molar-refractivity contribution in [3.63, 3.8) is 0 Å². The fourth-order valence-electron chi connectivity index (χ4n) is 2.25. The maximum Gasteiger partial charge on any atom is 0.213 e. The number of aliphatic imine (C=N–C) groups is 1. The molecule has 2 aromatic rings. The molecule has 2 rings (SSSR count). The van der Waals surface area contributed by atoms with E-state index in [0.29, 0.717) is 36.4 Å². The van der Waals surface area contributed by atoms with Crippen molar-refractivity contribution in [3.05, 3.63) is 47.7 Å². The van der Waals surface area contributed by atoms with Crippen LogP contribution in [0.25, 0.3) is 0 Å². The van der Waals surface area contributed by atoms with E-state index in [1.165, 1.54) is 0 Å². The van der Waals surface area contributed by atoms with Crippen molar-refractivity contribution >= 4 is 29.9 Å². The standard InChI is InChI=1S/C18H24N4O3.HI/c1-23-15-8-7-13(11-16(15)24-2)9-10-20-18(19)21-12-14-5-4-6-17(22-14)25-3;/h4-8,11H,9-10,12H2,1-3H3,(H3,19,20,21);1H. The highest BCUT2D eigenvalue weighted by molar-refractivity contribution is 14.0. The van der Waals surface area contributed by atoms with Crippen molar-refractivity contribution in [2.24, 2.45) is 10.7 Å². The molecular weight excluding hydrogens is 447 g/mol. The fourth-order valence-corrected chi connectivity index (χ4v) is 2.25. The van der Waals surface area contributed by atoms with Crippen molar-refractivity contribution in [1.29, 1.82) is 0 Å². The number of ether oxygens (including phenoxy) is 3. The zero-order chi connectivity index (χ0) is 18.1. The monoisotopic (exact) mass is 472 g/mol. The quantitative estimate of drug-likeness (QED) is 0.349. The van der Waals surface area contributed by atoms with Gasteiger partial charge < -0.3 is 25.3 Å². The summed E-state index contributed by atoms with van der Waals surface area (Å²) in [5.74, 6) is 2.37. The van der Waals surface area contributed by atoms with Crippen LogP contribution in [0, 0.1) is 0 Å². The first kappa shape index (κ1) is 21.8. The van der Waals surface area contributed by atoms with E-state index in [1.807, 2.05) is 30.3 Å². The maximum absolute atomic E-state index is 5.89. The van der Waals surface area contributed by atoms with E-state index in [1.54, 1.807) is 27.4 Å². The summed E-state index contributed by atoms with van der Waals surface area (Å²) in [5.41, 5.74) is 7.81. The van der Waals surface area contributed by atoms with Gasteiger partial charge in [-0.2, -0.15) is 0 Å². The van der Waals surface area contributed by atoms with Crippen LogP contribution >= 0.6 is 24.0 Å². The first-order valence-electron chi connectivity index (χ1n) is 7.91. The molecule has 0 saturated carbocycles. The minimum absolute atomic E-state index is 0. The van der Waals surface area contributed by atoms with E-state index in [0.717, 1.165) is 17.7 Å². The molecule has 1 aromatic carbocycles. The van der Waals surface area contributed by atoms with Crippen LogP contribution in [0.2, 0.25) is 0 Å². The van der Waals surface area contributed by atoms with Gasteiger partial charge in [0.05, 0.1) is 33.6 Å². The smallest absolute Gasteiger partial charge is 0.213 e. The average Bonchev–Trinajstić information content (AvgIpc) is 2.66. The lowest BCUT2D eigenvalue weighted by Crippen LogP contribution is -2.33. The number of aromatic nitrogens is 1. The molecule has 1 aromatic heterocycles. The number of methoxy groups -OCH3 is 3. The second-order valence-electron chi connectivity index (χ2n) is 5.24. The van der Waals surface area contributed by atoms with Crippen molar-refractivity contribution in [3.8, 4) is 17.4 Å². The van der Waals surface area contributed by atoms with Gasteiger partial charge in [-0.1, -0.05) is 12.1 Å². The molecule has 0 unspecified atom stereocenters. The second-order valence-corrected chi connectivity index (χ2v) is 5.24. The zero-order valence-corrected chi connectivity index (χ0v) is 17.5. The highest BCUT2D eigenvalue weighted by Gasteiger charge is 2.04. The third kappa shape index (κ3) is 6.58. The Morgan fingerprint density at radius 1 is 1.08 bits per heavy atom. The molecule has 0 radical (unpaired) electrons. The molecule has 26 heavy (non-hydrogen) atoms. The molecule has 3 N–H and O–H groups in total. The topological polar surface area (TPSA) is 91.0 Å². The lowest BCUT2D eigenvalue weighted by molar-refractivity contribution is 0.354. The zero-order valence-electron chi connectivity index (χ0n) is 15.2. The van der Waals surface area contributed by atoms with Crippen LogP contribution in [0.15, 0.2) is 41.4 Å². The molecule has 0 aliphatic heterocycles. The molecule has 1 heterocycles. The van der Waals surface area contributed by atoms with Crippen LogP contribution in [0.1, 0.15) is 11.3 Å². The van der Waals surface area contributed by atoms with Gasteiger partial charge in [0, 0.05) is 12.6 Å². The van der Waals surface area contributed by atoms with Gasteiger partial charge in [0.1, 0.15) is 0 Å². The summed E-state index contributed by atoms with van der Waals surface area (Å²) in [4.78, 5) is 8.57. The van der Waals surface area contributed by atoms with Crippen molar-refractivity contribution in [1.82, 2.24) is 10.3 Å². The number of nitrogens with one attached hydrogen (secondary N) is 1. The Morgan fingerprint density at radius 3 is 2.54 bits per heavy atom. The summed E-state index contributed by atoms with van der Waals surface area (Å²) < 4.78 is 15.6. The maximum atomic E-state index is 5.89. The van der Waals surface area contributed by atoms with Crippen molar-refractivity contribution in [2.45, 2.75) is 13.0 Å². The number of benzene rings is 1. The summed E-state index contributed by atoms with van der Waals surface area (Å²) in [7, 11) is 4.82. The molecule has 0 atom stereocenters. The molecule has 0 aliphatic carbocycles. The first-order chi connectivity index (χ1) is 12.2. The molecule has 8 heteroatoms. The Balaban J connectivity index is 0.00000338. The van der Waals surface area contributed by atoms with E-state index >= 15 is 0 Å². The molecule has 142 valence electrons. The third-order valence-corrected chi connectivity index (χ3v) is 3.57. The number of nitrogens with zero attached hydrogens (tertiary/aromatic N) is 2. The molecule has 0 fully saturated rings. The van der Waals surface area contributed by atoms with Gasteiger partial charge in [0.25, 0.3) is 0 Å². The average molecular weight is 472 g/mol. The van der Waals surface area contributed by atoms with Crippen LogP contribution < -0.4 is 25.3 Å². The minimum atomic E-state index is 0. The van der Waals surface area contributed by atoms with Gasteiger partial charge in [-0.25, -0.2) is 9.98 Å². The lowest BCUT2D eigenvalue weighted by Gasteiger charge is -2.10. The van der Waals surface area contributed by atoms with E-state index in [9.17, 15) is 0 Å². The Hall–Kier alpha value is -2.23. The first-order valence-corrected chi connectivity index (χ1v) is 7.91. The Morgan fingerprint density at radius 2 is 1.85 bits per heavy atom. The third-order valence-electron chi connectivity index (χ3n) is 3.57. The summed E-state index contributed by atoms with van der Waals surface area (Å²) in [6.07, 6.45) is 0.786. The number of hydrogen-bond donors (Lipinski definition) is 2. The largest absolute Gasteiger partial charge is 0.493 e. The van der Waals surface area contributed by atoms with E-state index < -0.39 is 0 Å². The van der Waals surface area contributed by atoms with Crippen LogP contribution in [0.5, 0.6) is 17.4 Å². The molecule has 7 nitrogen and oxygen atoms in total. The second kappa shape index (κ2) is 11.4. The number of guanidine groups is 1. The van der Waals surface area contributed by atoms with Gasteiger partial charge >= 0.3 is 0 Å². The number of hydrogen-bond acceptors (Lipinski definition) is 5. The number of pyridine rings is 1. The highest BCUT2D eigenvalue weighted by atomic mass is 127. The lowest BCUT2D eigenvalue weighted by atomic mass is 10.1. The predicted octanol–water partition coefficient (Wildman–Crippen LogP) is 2.37. The number of rotatable bonds is 8. The number of nitrogens with two attached hydrogens (primary N) is 1. The molecule has 0 amide bonds. The van der Waals surface area contributed by atoms with Gasteiger partial charge in [0.15, 0.2) is 17.5 Å². The normalized spacial score (nSPS) is 10.7. The van der Waals surface area contributed by atoms with Crippen LogP contribution in [0.4, 0.5) is 0 Å². The Labute approximate surface area is 171 Å². The van der Waals surface area contributed by atoms with Crippen molar-refractivity contribution < 1.29 is 14.2 Å². The van der Waals surface area contributed by atoms with Crippen LogP contribution in [-0.4, -0.2) is 38.8 Å². The molecule has 0 spiro atoms. The van der Waals surface area contributed by atoms with E-state index in [4.69, 9.17) is 19.9 Å². The Bertz CT molecular complexity index is 725. The fraction of sp³-hybridized carbons (Fsp3) is 0.333. The van der Waals surface area contributed by atoms with Gasteiger partial charge in [-0.15, -0.1) is 24.0 Å².